The van der Waals surface area contributed by atoms with Gasteiger partial charge in [-0.05, 0) is 18.4 Å². The third-order valence-electron chi connectivity index (χ3n) is 2.35. The SMILES string of the molecule is C=C(O)CCCc1cc(OC)ncc1NC. The zero-order valence-electron chi connectivity index (χ0n) is 9.79. The summed E-state index contributed by atoms with van der Waals surface area (Å²) in [6.07, 6.45) is 4.08. The highest BCUT2D eigenvalue weighted by Gasteiger charge is 2.04. The lowest BCUT2D eigenvalue weighted by Crippen LogP contribution is -1.99. The number of aromatic nitrogens is 1. The molecule has 0 radical (unpaired) electrons. The second-order valence-corrected chi connectivity index (χ2v) is 3.55. The van der Waals surface area contributed by atoms with Gasteiger partial charge in [-0.15, -0.1) is 0 Å². The Hall–Kier alpha value is -1.71. The van der Waals surface area contributed by atoms with Gasteiger partial charge in [0.05, 0.1) is 24.8 Å². The second-order valence-electron chi connectivity index (χ2n) is 3.55. The van der Waals surface area contributed by atoms with Crippen molar-refractivity contribution in [1.29, 1.82) is 0 Å². The van der Waals surface area contributed by atoms with E-state index in [9.17, 15) is 0 Å². The lowest BCUT2D eigenvalue weighted by Gasteiger charge is -2.09. The van der Waals surface area contributed by atoms with Gasteiger partial charge in [-0.2, -0.15) is 0 Å². The van der Waals surface area contributed by atoms with Crippen molar-refractivity contribution in [1.82, 2.24) is 4.98 Å². The molecule has 2 N–H and O–H groups in total. The average molecular weight is 222 g/mol. The molecule has 1 aromatic rings. The molecule has 0 aliphatic carbocycles. The predicted octanol–water partition coefficient (Wildman–Crippen LogP) is 2.53. The van der Waals surface area contributed by atoms with Gasteiger partial charge in [0.1, 0.15) is 0 Å². The van der Waals surface area contributed by atoms with Crippen LogP contribution >= 0.6 is 0 Å². The van der Waals surface area contributed by atoms with Crippen molar-refractivity contribution in [2.75, 3.05) is 19.5 Å². The summed E-state index contributed by atoms with van der Waals surface area (Å²) in [5, 5.41) is 12.1. The number of anilines is 1. The van der Waals surface area contributed by atoms with Crippen molar-refractivity contribution >= 4 is 5.69 Å². The van der Waals surface area contributed by atoms with Gasteiger partial charge in [0.2, 0.25) is 5.88 Å². The van der Waals surface area contributed by atoms with Crippen molar-refractivity contribution in [3.05, 3.63) is 30.2 Å². The number of aliphatic hydroxyl groups is 1. The molecule has 0 spiro atoms. The first-order chi connectivity index (χ1) is 7.67. The number of methoxy groups -OCH3 is 1. The molecule has 0 bridgehead atoms. The van der Waals surface area contributed by atoms with Crippen molar-refractivity contribution in [3.8, 4) is 5.88 Å². The zero-order valence-corrected chi connectivity index (χ0v) is 9.79. The van der Waals surface area contributed by atoms with E-state index < -0.39 is 0 Å². The fourth-order valence-corrected chi connectivity index (χ4v) is 1.50. The minimum atomic E-state index is 0.229. The van der Waals surface area contributed by atoms with Crippen LogP contribution in [0.1, 0.15) is 18.4 Å². The molecule has 0 amide bonds. The van der Waals surface area contributed by atoms with Gasteiger partial charge >= 0.3 is 0 Å². The molecular weight excluding hydrogens is 204 g/mol. The predicted molar refractivity (Wildman–Crippen MR) is 65.0 cm³/mol. The number of nitrogens with one attached hydrogen (secondary N) is 1. The second kappa shape index (κ2) is 6.00. The number of aryl methyl sites for hydroxylation is 1. The molecule has 0 aromatic carbocycles. The van der Waals surface area contributed by atoms with Crippen molar-refractivity contribution < 1.29 is 9.84 Å². The summed E-state index contributed by atoms with van der Waals surface area (Å²) in [7, 11) is 3.46. The topological polar surface area (TPSA) is 54.4 Å². The highest BCUT2D eigenvalue weighted by atomic mass is 16.5. The van der Waals surface area contributed by atoms with Gasteiger partial charge in [-0.3, -0.25) is 0 Å². The molecule has 4 nitrogen and oxygen atoms in total. The van der Waals surface area contributed by atoms with Crippen LogP contribution in [0.2, 0.25) is 0 Å². The van der Waals surface area contributed by atoms with Crippen molar-refractivity contribution in [3.63, 3.8) is 0 Å². The van der Waals surface area contributed by atoms with E-state index in [-0.39, 0.29) is 5.76 Å². The fraction of sp³-hybridized carbons (Fsp3) is 0.417. The van der Waals surface area contributed by atoms with E-state index >= 15 is 0 Å². The number of pyridine rings is 1. The number of ether oxygens (including phenoxy) is 1. The van der Waals surface area contributed by atoms with Crippen LogP contribution in [0.3, 0.4) is 0 Å². The molecule has 0 saturated heterocycles. The number of nitrogens with zero attached hydrogens (tertiary/aromatic N) is 1. The van der Waals surface area contributed by atoms with E-state index in [0.29, 0.717) is 12.3 Å². The number of hydrogen-bond acceptors (Lipinski definition) is 4. The smallest absolute Gasteiger partial charge is 0.213 e. The molecule has 0 aliphatic rings. The van der Waals surface area contributed by atoms with Crippen LogP contribution in [-0.4, -0.2) is 24.2 Å². The highest BCUT2D eigenvalue weighted by Crippen LogP contribution is 2.21. The number of rotatable bonds is 6. The number of allylic oxidation sites excluding steroid dienone is 1. The molecule has 0 saturated carbocycles. The average Bonchev–Trinajstić information content (AvgIpc) is 2.28. The summed E-state index contributed by atoms with van der Waals surface area (Å²) in [5.41, 5.74) is 2.12. The first kappa shape index (κ1) is 12.4. The Balaban J connectivity index is 2.71. The van der Waals surface area contributed by atoms with Crippen molar-refractivity contribution in [2.45, 2.75) is 19.3 Å². The van der Waals surface area contributed by atoms with Crippen LogP contribution in [-0.2, 0) is 6.42 Å². The molecule has 0 aliphatic heterocycles. The Kier molecular flexibility index (Phi) is 4.64. The Morgan fingerprint density at radius 1 is 1.62 bits per heavy atom. The standard InChI is InChI=1S/C12H18N2O2/c1-9(15)5-4-6-10-7-12(16-3)14-8-11(10)13-2/h7-8,13,15H,1,4-6H2,2-3H3. The van der Waals surface area contributed by atoms with E-state index in [4.69, 9.17) is 9.84 Å². The Bertz CT molecular complexity index is 364. The molecule has 88 valence electrons. The van der Waals surface area contributed by atoms with Crippen LogP contribution in [0.4, 0.5) is 5.69 Å². The minimum absolute atomic E-state index is 0.229. The van der Waals surface area contributed by atoms with Crippen LogP contribution in [0.25, 0.3) is 0 Å². The maximum atomic E-state index is 9.01. The third-order valence-corrected chi connectivity index (χ3v) is 2.35. The molecule has 0 fully saturated rings. The summed E-state index contributed by atoms with van der Waals surface area (Å²) in [4.78, 5) is 4.12. The largest absolute Gasteiger partial charge is 0.513 e. The van der Waals surface area contributed by atoms with Gasteiger partial charge < -0.3 is 15.2 Å². The van der Waals surface area contributed by atoms with Crippen LogP contribution < -0.4 is 10.1 Å². The summed E-state index contributed by atoms with van der Waals surface area (Å²) in [5.74, 6) is 0.837. The molecule has 0 unspecified atom stereocenters. The molecule has 16 heavy (non-hydrogen) atoms. The van der Waals surface area contributed by atoms with Crippen LogP contribution in [0.15, 0.2) is 24.6 Å². The summed E-state index contributed by atoms with van der Waals surface area (Å²) < 4.78 is 5.08. The highest BCUT2D eigenvalue weighted by molar-refractivity contribution is 5.50. The lowest BCUT2D eigenvalue weighted by molar-refractivity contribution is 0.386. The van der Waals surface area contributed by atoms with Gasteiger partial charge in [0.15, 0.2) is 0 Å². The molecule has 1 aromatic heterocycles. The third kappa shape index (κ3) is 3.46. The summed E-state index contributed by atoms with van der Waals surface area (Å²) in [6.45, 7) is 3.47. The Labute approximate surface area is 96.0 Å². The van der Waals surface area contributed by atoms with Gasteiger partial charge in [0, 0.05) is 19.5 Å². The molecule has 1 rings (SSSR count). The number of hydrogen-bond donors (Lipinski definition) is 2. The van der Waals surface area contributed by atoms with Gasteiger partial charge in [0.25, 0.3) is 0 Å². The molecule has 0 atom stereocenters. The quantitative estimate of drug-likeness (QED) is 0.726. The number of aliphatic hydroxyl groups excluding tert-OH is 1. The van der Waals surface area contributed by atoms with E-state index in [1.165, 1.54) is 0 Å². The van der Waals surface area contributed by atoms with E-state index in [1.54, 1.807) is 13.3 Å². The molecule has 4 heteroatoms. The molecular formula is C12H18N2O2. The summed E-state index contributed by atoms with van der Waals surface area (Å²) >= 11 is 0. The Morgan fingerprint density at radius 2 is 2.38 bits per heavy atom. The van der Waals surface area contributed by atoms with Crippen LogP contribution in [0, 0.1) is 0 Å². The Morgan fingerprint density at radius 3 is 2.94 bits per heavy atom. The van der Waals surface area contributed by atoms with E-state index in [2.05, 4.69) is 16.9 Å². The van der Waals surface area contributed by atoms with Gasteiger partial charge in [-0.1, -0.05) is 6.58 Å². The monoisotopic (exact) mass is 222 g/mol. The van der Waals surface area contributed by atoms with E-state index in [0.717, 1.165) is 24.1 Å². The van der Waals surface area contributed by atoms with Gasteiger partial charge in [-0.25, -0.2) is 4.98 Å². The van der Waals surface area contributed by atoms with Crippen molar-refractivity contribution in [2.24, 2.45) is 0 Å². The minimum Gasteiger partial charge on any atom is -0.513 e. The van der Waals surface area contributed by atoms with E-state index in [1.807, 2.05) is 13.1 Å². The first-order valence-corrected chi connectivity index (χ1v) is 5.24. The normalized spacial score (nSPS) is 9.88. The zero-order chi connectivity index (χ0) is 12.0. The maximum absolute atomic E-state index is 9.01. The maximum Gasteiger partial charge on any atom is 0.213 e. The van der Waals surface area contributed by atoms with Crippen LogP contribution in [0.5, 0.6) is 5.88 Å². The lowest BCUT2D eigenvalue weighted by atomic mass is 10.1. The first-order valence-electron chi connectivity index (χ1n) is 5.24. The molecule has 1 heterocycles. The summed E-state index contributed by atoms with van der Waals surface area (Å²) in [6, 6.07) is 1.91. The fourth-order valence-electron chi connectivity index (χ4n) is 1.50.